The van der Waals surface area contributed by atoms with E-state index in [1.807, 2.05) is 0 Å². The highest BCUT2D eigenvalue weighted by atomic mass is 15.0. The van der Waals surface area contributed by atoms with Crippen LogP contribution in [-0.4, -0.2) is 4.57 Å². The lowest BCUT2D eigenvalue weighted by Gasteiger charge is -2.20. The zero-order chi connectivity index (χ0) is 29.4. The molecular weight excluding hydrogens is 506 g/mol. The van der Waals surface area contributed by atoms with Gasteiger partial charge in [-0.25, -0.2) is 0 Å². The van der Waals surface area contributed by atoms with Crippen LogP contribution in [-0.2, 0) is 5.41 Å². The van der Waals surface area contributed by atoms with E-state index in [9.17, 15) is 0 Å². The van der Waals surface area contributed by atoms with Crippen LogP contribution in [0.2, 0.25) is 0 Å². The second-order valence-corrected chi connectivity index (χ2v) is 11.6. The fraction of sp³-hybridized carbons (Fsp3) is 0.122. The van der Waals surface area contributed by atoms with Crippen LogP contribution in [0.4, 0.5) is 0 Å². The van der Waals surface area contributed by atoms with Crippen molar-refractivity contribution in [2.45, 2.75) is 33.1 Å². The smallest absolute Gasteiger partial charge is 0.0541 e. The van der Waals surface area contributed by atoms with Crippen LogP contribution in [0.25, 0.3) is 49.8 Å². The summed E-state index contributed by atoms with van der Waals surface area (Å²) < 4.78 is 2.37. The number of nitrogens with zero attached hydrogens (tertiary/aromatic N) is 1. The van der Waals surface area contributed by atoms with Crippen molar-refractivity contribution in [3.8, 4) is 16.8 Å². The average molecular weight is 544 g/mol. The van der Waals surface area contributed by atoms with Gasteiger partial charge in [0.25, 0.3) is 0 Å². The fourth-order valence-electron chi connectivity index (χ4n) is 6.09. The summed E-state index contributed by atoms with van der Waals surface area (Å²) in [6.07, 6.45) is 2.17. The minimum atomic E-state index is 0.0632. The van der Waals surface area contributed by atoms with Gasteiger partial charge in [0.15, 0.2) is 0 Å². The van der Waals surface area contributed by atoms with Gasteiger partial charge in [0.05, 0.1) is 11.0 Å². The van der Waals surface area contributed by atoms with Crippen molar-refractivity contribution in [2.24, 2.45) is 0 Å². The molecule has 0 saturated carbocycles. The Morgan fingerprint density at radius 1 is 0.667 bits per heavy atom. The van der Waals surface area contributed by atoms with Crippen LogP contribution >= 0.6 is 0 Å². The van der Waals surface area contributed by atoms with Crippen LogP contribution in [0.15, 0.2) is 146 Å². The number of aromatic nitrogens is 1. The van der Waals surface area contributed by atoms with Gasteiger partial charge in [-0.05, 0) is 88.7 Å². The van der Waals surface area contributed by atoms with Gasteiger partial charge in [0, 0.05) is 21.9 Å². The van der Waals surface area contributed by atoms with E-state index in [-0.39, 0.29) is 5.41 Å². The highest BCUT2D eigenvalue weighted by molar-refractivity contribution is 6.10. The third-order valence-corrected chi connectivity index (χ3v) is 8.84. The molecule has 1 heterocycles. The summed E-state index contributed by atoms with van der Waals surface area (Å²) in [5.41, 5.74) is 13.7. The first-order chi connectivity index (χ1) is 20.3. The van der Waals surface area contributed by atoms with E-state index < -0.39 is 0 Å². The molecule has 5 aromatic carbocycles. The monoisotopic (exact) mass is 543 g/mol. The second kappa shape index (κ2) is 10.8. The Labute approximate surface area is 249 Å². The molecule has 0 atom stereocenters. The molecule has 0 N–H and O–H groups in total. The molecule has 0 bridgehead atoms. The predicted octanol–water partition coefficient (Wildman–Crippen LogP) is 11.4. The van der Waals surface area contributed by atoms with Crippen LogP contribution in [0, 0.1) is 0 Å². The molecule has 7 rings (SSSR count). The summed E-state index contributed by atoms with van der Waals surface area (Å²) in [4.78, 5) is 0. The average Bonchev–Trinajstić information content (AvgIpc) is 3.46. The van der Waals surface area contributed by atoms with E-state index in [1.165, 1.54) is 60.9 Å². The lowest BCUT2D eigenvalue weighted by atomic mass is 9.83. The number of benzene rings is 5. The van der Waals surface area contributed by atoms with Crippen molar-refractivity contribution >= 4 is 33.0 Å². The molecule has 6 aromatic rings. The normalized spacial score (nSPS) is 14.1. The number of para-hydroxylation sites is 1. The molecule has 1 aliphatic rings. The molecule has 0 fully saturated rings. The lowest BCUT2D eigenvalue weighted by Crippen LogP contribution is -2.13. The van der Waals surface area contributed by atoms with Gasteiger partial charge in [0.1, 0.15) is 0 Å². The van der Waals surface area contributed by atoms with Gasteiger partial charge in [-0.1, -0.05) is 124 Å². The second-order valence-electron chi connectivity index (χ2n) is 11.6. The maximum absolute atomic E-state index is 4.10. The van der Waals surface area contributed by atoms with Crippen molar-refractivity contribution in [3.63, 3.8) is 0 Å². The molecule has 1 heteroatoms. The first kappa shape index (κ1) is 27.3. The van der Waals surface area contributed by atoms with E-state index >= 15 is 0 Å². The fourth-order valence-corrected chi connectivity index (χ4v) is 6.09. The van der Waals surface area contributed by atoms with Crippen LogP contribution < -0.4 is 0 Å². The van der Waals surface area contributed by atoms with Crippen LogP contribution in [0.3, 0.4) is 0 Å². The molecule has 0 aliphatic heterocycles. The number of hydrogen-bond donors (Lipinski definition) is 0. The molecule has 0 saturated heterocycles. The molecule has 1 nitrogen and oxygen atoms in total. The zero-order valence-corrected chi connectivity index (χ0v) is 25.0. The predicted molar refractivity (Wildman–Crippen MR) is 183 cm³/mol. The quantitative estimate of drug-likeness (QED) is 0.209. The zero-order valence-electron chi connectivity index (χ0n) is 25.0. The summed E-state index contributed by atoms with van der Waals surface area (Å²) in [5.74, 6) is 0. The highest BCUT2D eigenvalue weighted by Gasteiger charge is 2.35. The Hall–Kier alpha value is -4.88. The first-order valence-corrected chi connectivity index (χ1v) is 14.6. The molecule has 0 spiro atoms. The van der Waals surface area contributed by atoms with E-state index in [2.05, 4.69) is 173 Å². The van der Waals surface area contributed by atoms with Crippen molar-refractivity contribution < 1.29 is 0 Å². The Bertz CT molecular complexity index is 1980. The Kier molecular flexibility index (Phi) is 7.04. The van der Waals surface area contributed by atoms with Crippen molar-refractivity contribution in [3.05, 3.63) is 163 Å². The molecule has 206 valence electrons. The summed E-state index contributed by atoms with van der Waals surface area (Å²) in [7, 11) is 0. The number of hydrogen-bond acceptors (Lipinski definition) is 0. The maximum atomic E-state index is 4.10. The van der Waals surface area contributed by atoms with Gasteiger partial charge < -0.3 is 4.57 Å². The Morgan fingerprint density at radius 3 is 2.00 bits per heavy atom. The molecule has 42 heavy (non-hydrogen) atoms. The van der Waals surface area contributed by atoms with Gasteiger partial charge in [0.2, 0.25) is 0 Å². The number of allylic oxidation sites excluding steroid dienone is 4. The third-order valence-electron chi connectivity index (χ3n) is 8.84. The minimum absolute atomic E-state index is 0.0632. The lowest BCUT2D eigenvalue weighted by molar-refractivity contribution is 0.663. The van der Waals surface area contributed by atoms with E-state index in [0.29, 0.717) is 0 Å². The Morgan fingerprint density at radius 2 is 1.29 bits per heavy atom. The van der Waals surface area contributed by atoms with E-state index in [4.69, 9.17) is 0 Å². The van der Waals surface area contributed by atoms with Crippen molar-refractivity contribution in [1.29, 1.82) is 0 Å². The molecule has 0 radical (unpaired) electrons. The SMILES string of the molecule is C/C=C(\C)c1ccc2c(c1)c1ccccc1n2-c1ccc(-c2ccccc2)cc1.C=C1C(=C)C(C)(C)c2ccccc21. The molecule has 0 amide bonds. The van der Waals surface area contributed by atoms with Crippen LogP contribution in [0.1, 0.15) is 44.4 Å². The number of fused-ring (bicyclic) bond motifs is 4. The standard InChI is InChI=1S/C28H23N.C13H14/c1-3-20(2)23-15-18-28-26(19-23)25-11-7-8-12-27(25)29(28)24-16-13-22(14-17-24)21-9-5-4-6-10-21;1-9-10(2)13(3,4)12-8-6-5-7-11(9)12/h3-19H,1-2H3;5-8H,1-2H2,3-4H3/b20-3+;. The largest absolute Gasteiger partial charge is 0.309 e. The van der Waals surface area contributed by atoms with Gasteiger partial charge >= 0.3 is 0 Å². The summed E-state index contributed by atoms with van der Waals surface area (Å²) >= 11 is 0. The number of rotatable bonds is 3. The molecular formula is C41H37N. The molecule has 0 unspecified atom stereocenters. The summed E-state index contributed by atoms with van der Waals surface area (Å²) in [5, 5.41) is 2.59. The van der Waals surface area contributed by atoms with Gasteiger partial charge in [-0.15, -0.1) is 0 Å². The van der Waals surface area contributed by atoms with E-state index in [0.717, 1.165) is 11.1 Å². The molecule has 1 aliphatic carbocycles. The van der Waals surface area contributed by atoms with Crippen molar-refractivity contribution in [1.82, 2.24) is 4.57 Å². The van der Waals surface area contributed by atoms with Gasteiger partial charge in [-0.2, -0.15) is 0 Å². The van der Waals surface area contributed by atoms with E-state index in [1.54, 1.807) is 0 Å². The summed E-state index contributed by atoms with van der Waals surface area (Å²) in [6.45, 7) is 16.8. The topological polar surface area (TPSA) is 4.93 Å². The Balaban J connectivity index is 0.000000203. The minimum Gasteiger partial charge on any atom is -0.309 e. The molecule has 1 aromatic heterocycles. The maximum Gasteiger partial charge on any atom is 0.0541 e. The van der Waals surface area contributed by atoms with Crippen molar-refractivity contribution in [2.75, 3.05) is 0 Å². The van der Waals surface area contributed by atoms with Crippen LogP contribution in [0.5, 0.6) is 0 Å². The first-order valence-electron chi connectivity index (χ1n) is 14.6. The van der Waals surface area contributed by atoms with Gasteiger partial charge in [-0.3, -0.25) is 0 Å². The summed E-state index contributed by atoms with van der Waals surface area (Å²) in [6, 6.07) is 43.3. The highest BCUT2D eigenvalue weighted by Crippen LogP contribution is 2.47. The third kappa shape index (κ3) is 4.62.